The van der Waals surface area contributed by atoms with E-state index in [0.717, 1.165) is 6.54 Å². The molecule has 0 atom stereocenters. The fraction of sp³-hybridized carbons (Fsp3) is 0.647. The molecule has 114 valence electrons. The van der Waals surface area contributed by atoms with E-state index in [1.54, 1.807) is 0 Å². The second-order valence-electron chi connectivity index (χ2n) is 8.04. The SMILES string of the molecule is CC(C)(C)N(Cc1ccccc1)O[Si](C)(C)C(C)(C)C. The van der Waals surface area contributed by atoms with Gasteiger partial charge in [0.25, 0.3) is 0 Å². The second-order valence-corrected chi connectivity index (χ2v) is 12.7. The molecule has 0 fully saturated rings. The molecule has 0 unspecified atom stereocenters. The molecule has 0 aliphatic carbocycles. The molecular weight excluding hydrogens is 262 g/mol. The van der Waals surface area contributed by atoms with Crippen molar-refractivity contribution in [3.63, 3.8) is 0 Å². The van der Waals surface area contributed by atoms with Crippen molar-refractivity contribution in [2.75, 3.05) is 0 Å². The number of nitrogens with zero attached hydrogens (tertiary/aromatic N) is 1. The number of hydrogen-bond donors (Lipinski definition) is 0. The van der Waals surface area contributed by atoms with Gasteiger partial charge in [0.2, 0.25) is 8.32 Å². The monoisotopic (exact) mass is 293 g/mol. The molecule has 0 saturated carbocycles. The average molecular weight is 294 g/mol. The van der Waals surface area contributed by atoms with E-state index in [4.69, 9.17) is 4.53 Å². The molecule has 0 saturated heterocycles. The van der Waals surface area contributed by atoms with Crippen molar-refractivity contribution in [3.05, 3.63) is 35.9 Å². The van der Waals surface area contributed by atoms with Crippen molar-refractivity contribution in [2.24, 2.45) is 0 Å². The molecule has 0 radical (unpaired) electrons. The number of hydroxylamine groups is 2. The number of hydrogen-bond acceptors (Lipinski definition) is 2. The van der Waals surface area contributed by atoms with Crippen LogP contribution in [0.15, 0.2) is 30.3 Å². The highest BCUT2D eigenvalue weighted by atomic mass is 28.4. The van der Waals surface area contributed by atoms with E-state index in [-0.39, 0.29) is 10.6 Å². The third-order valence-electron chi connectivity index (χ3n) is 4.06. The molecule has 2 nitrogen and oxygen atoms in total. The normalized spacial score (nSPS) is 13.8. The smallest absolute Gasteiger partial charge is 0.220 e. The Labute approximate surface area is 126 Å². The van der Waals surface area contributed by atoms with Crippen LogP contribution in [0, 0.1) is 0 Å². The summed E-state index contributed by atoms with van der Waals surface area (Å²) in [5.74, 6) is 0. The van der Waals surface area contributed by atoms with E-state index in [0.29, 0.717) is 0 Å². The summed E-state index contributed by atoms with van der Waals surface area (Å²) in [5.41, 5.74) is 1.28. The Hall–Kier alpha value is -0.643. The van der Waals surface area contributed by atoms with Crippen LogP contribution < -0.4 is 0 Å². The van der Waals surface area contributed by atoms with Crippen LogP contribution in [0.5, 0.6) is 0 Å². The van der Waals surface area contributed by atoms with Crippen LogP contribution in [0.1, 0.15) is 47.1 Å². The first-order chi connectivity index (χ1) is 8.93. The molecule has 0 N–H and O–H groups in total. The molecule has 0 aliphatic rings. The van der Waals surface area contributed by atoms with Crippen LogP contribution in [0.4, 0.5) is 0 Å². The number of benzene rings is 1. The summed E-state index contributed by atoms with van der Waals surface area (Å²) in [7, 11) is -1.81. The molecule has 1 aromatic carbocycles. The quantitative estimate of drug-likeness (QED) is 0.557. The minimum Gasteiger partial charge on any atom is -0.342 e. The number of rotatable bonds is 4. The highest BCUT2D eigenvalue weighted by molar-refractivity contribution is 6.74. The van der Waals surface area contributed by atoms with Gasteiger partial charge in [-0.2, -0.15) is 5.06 Å². The topological polar surface area (TPSA) is 12.5 Å². The third-order valence-corrected chi connectivity index (χ3v) is 8.35. The molecule has 0 aliphatic heterocycles. The minimum absolute atomic E-state index is 0.00857. The maximum atomic E-state index is 6.54. The Kier molecular flexibility index (Phi) is 5.22. The van der Waals surface area contributed by atoms with E-state index in [9.17, 15) is 0 Å². The fourth-order valence-electron chi connectivity index (χ4n) is 1.57. The predicted molar refractivity (Wildman–Crippen MR) is 90.0 cm³/mol. The molecule has 1 aromatic rings. The zero-order chi connectivity index (χ0) is 15.6. The van der Waals surface area contributed by atoms with Gasteiger partial charge < -0.3 is 4.53 Å². The lowest BCUT2D eigenvalue weighted by Gasteiger charge is -2.44. The summed E-state index contributed by atoms with van der Waals surface area (Å²) in [6.07, 6.45) is 0. The van der Waals surface area contributed by atoms with Gasteiger partial charge in [-0.15, -0.1) is 0 Å². The molecule has 0 heterocycles. The first-order valence-electron chi connectivity index (χ1n) is 7.44. The molecular formula is C17H31NOSi. The third kappa shape index (κ3) is 4.72. The fourth-order valence-corrected chi connectivity index (χ4v) is 2.73. The van der Waals surface area contributed by atoms with E-state index < -0.39 is 8.32 Å². The largest absolute Gasteiger partial charge is 0.342 e. The molecule has 20 heavy (non-hydrogen) atoms. The van der Waals surface area contributed by atoms with Crippen LogP contribution in [0.2, 0.25) is 18.1 Å². The molecule has 0 amide bonds. The van der Waals surface area contributed by atoms with E-state index >= 15 is 0 Å². The van der Waals surface area contributed by atoms with E-state index in [1.165, 1.54) is 5.56 Å². The minimum atomic E-state index is -1.81. The summed E-state index contributed by atoms with van der Waals surface area (Å²) < 4.78 is 6.54. The molecule has 3 heteroatoms. The Morgan fingerprint density at radius 3 is 1.85 bits per heavy atom. The summed E-state index contributed by atoms with van der Waals surface area (Å²) in [6.45, 7) is 18.9. The first-order valence-corrected chi connectivity index (χ1v) is 10.3. The zero-order valence-corrected chi connectivity index (χ0v) is 15.4. The lowest BCUT2D eigenvalue weighted by molar-refractivity contribution is -0.147. The van der Waals surface area contributed by atoms with Crippen LogP contribution in [0.3, 0.4) is 0 Å². The Balaban J connectivity index is 2.93. The maximum absolute atomic E-state index is 6.54. The molecule has 1 rings (SSSR count). The highest BCUT2D eigenvalue weighted by Gasteiger charge is 2.41. The molecule has 0 aromatic heterocycles. The Morgan fingerprint density at radius 2 is 1.45 bits per heavy atom. The standard InChI is InChI=1S/C17H31NOSi/c1-16(2,3)18(14-15-12-10-9-11-13-15)19-20(7,8)17(4,5)6/h9-13H,14H2,1-8H3. The van der Waals surface area contributed by atoms with Crippen molar-refractivity contribution in [2.45, 2.75) is 71.8 Å². The van der Waals surface area contributed by atoms with Crippen LogP contribution in [-0.4, -0.2) is 18.9 Å². The van der Waals surface area contributed by atoms with Gasteiger partial charge in [0.15, 0.2) is 0 Å². The van der Waals surface area contributed by atoms with Gasteiger partial charge in [-0.05, 0) is 44.5 Å². The van der Waals surface area contributed by atoms with Gasteiger partial charge in [0.05, 0.1) is 0 Å². The first kappa shape index (κ1) is 17.4. The van der Waals surface area contributed by atoms with Gasteiger partial charge in [0.1, 0.15) is 0 Å². The van der Waals surface area contributed by atoms with Gasteiger partial charge in [-0.1, -0.05) is 51.1 Å². The summed E-state index contributed by atoms with van der Waals surface area (Å²) in [6, 6.07) is 10.5. The van der Waals surface area contributed by atoms with Crippen molar-refractivity contribution < 1.29 is 4.53 Å². The van der Waals surface area contributed by atoms with Crippen molar-refractivity contribution in [1.29, 1.82) is 0 Å². The van der Waals surface area contributed by atoms with E-state index in [2.05, 4.69) is 90.0 Å². The average Bonchev–Trinajstić information content (AvgIpc) is 2.26. The van der Waals surface area contributed by atoms with Crippen LogP contribution in [-0.2, 0) is 11.1 Å². The molecule has 0 bridgehead atoms. The predicted octanol–water partition coefficient (Wildman–Crippen LogP) is 5.22. The summed E-state index contributed by atoms with van der Waals surface area (Å²) in [4.78, 5) is 0. The summed E-state index contributed by atoms with van der Waals surface area (Å²) >= 11 is 0. The zero-order valence-electron chi connectivity index (χ0n) is 14.4. The van der Waals surface area contributed by atoms with Crippen molar-refractivity contribution in [3.8, 4) is 0 Å². The lowest BCUT2D eigenvalue weighted by Crippen LogP contribution is -2.52. The van der Waals surface area contributed by atoms with Gasteiger partial charge >= 0.3 is 0 Å². The maximum Gasteiger partial charge on any atom is 0.220 e. The molecule has 0 spiro atoms. The van der Waals surface area contributed by atoms with Crippen molar-refractivity contribution in [1.82, 2.24) is 5.06 Å². The van der Waals surface area contributed by atoms with E-state index in [1.807, 2.05) is 0 Å². The van der Waals surface area contributed by atoms with Crippen LogP contribution in [0.25, 0.3) is 0 Å². The Bertz CT molecular complexity index is 415. The van der Waals surface area contributed by atoms with Crippen molar-refractivity contribution >= 4 is 8.32 Å². The van der Waals surface area contributed by atoms with Gasteiger partial charge in [-0.25, -0.2) is 0 Å². The van der Waals surface area contributed by atoms with Crippen LogP contribution >= 0.6 is 0 Å². The van der Waals surface area contributed by atoms with Gasteiger partial charge in [0, 0.05) is 12.1 Å². The Morgan fingerprint density at radius 1 is 0.950 bits per heavy atom. The highest BCUT2D eigenvalue weighted by Crippen LogP contribution is 2.38. The summed E-state index contributed by atoms with van der Waals surface area (Å²) in [5, 5.41) is 2.38. The second kappa shape index (κ2) is 6.00. The van der Waals surface area contributed by atoms with Gasteiger partial charge in [-0.3, -0.25) is 0 Å². The lowest BCUT2D eigenvalue weighted by atomic mass is 10.1.